The van der Waals surface area contributed by atoms with Crippen molar-refractivity contribution in [1.82, 2.24) is 4.98 Å². The molecule has 4 nitrogen and oxygen atoms in total. The van der Waals surface area contributed by atoms with Gasteiger partial charge in [0.1, 0.15) is 0 Å². The molecule has 0 aliphatic carbocycles. The second-order valence-corrected chi connectivity index (χ2v) is 3.83. The molecular weight excluding hydrogens is 236 g/mol. The fourth-order valence-electron chi connectivity index (χ4n) is 0.992. The monoisotopic (exact) mass is 242 g/mol. The van der Waals surface area contributed by atoms with Gasteiger partial charge < -0.3 is 4.42 Å². The van der Waals surface area contributed by atoms with Gasteiger partial charge in [-0.3, -0.25) is 10.1 Å². The molecule has 0 saturated heterocycles. The Bertz CT molecular complexity index is 452. The molecule has 0 bridgehead atoms. The van der Waals surface area contributed by atoms with Gasteiger partial charge in [-0.25, -0.2) is 4.98 Å². The number of rotatable bonds is 3. The molecular formula is C9H7ClN2O2S. The van der Waals surface area contributed by atoms with Gasteiger partial charge >= 0.3 is 0 Å². The van der Waals surface area contributed by atoms with E-state index in [1.54, 1.807) is 17.5 Å². The highest BCUT2D eigenvalue weighted by molar-refractivity contribution is 7.14. The van der Waals surface area contributed by atoms with E-state index in [-0.39, 0.29) is 11.7 Å². The van der Waals surface area contributed by atoms with E-state index in [0.717, 1.165) is 5.69 Å². The Morgan fingerprint density at radius 3 is 3.13 bits per heavy atom. The number of amides is 1. The van der Waals surface area contributed by atoms with Crippen LogP contribution >= 0.6 is 22.9 Å². The Hall–Kier alpha value is -1.33. The lowest BCUT2D eigenvalue weighted by atomic mass is 10.4. The lowest BCUT2D eigenvalue weighted by Crippen LogP contribution is -2.10. The lowest BCUT2D eigenvalue weighted by Gasteiger charge is -1.96. The van der Waals surface area contributed by atoms with Gasteiger partial charge in [0.25, 0.3) is 5.91 Å². The normalized spacial score (nSPS) is 10.2. The fourth-order valence-corrected chi connectivity index (χ4v) is 1.93. The number of hydrogen-bond acceptors (Lipinski definition) is 4. The van der Waals surface area contributed by atoms with Gasteiger partial charge in [-0.05, 0) is 12.1 Å². The van der Waals surface area contributed by atoms with Crippen LogP contribution < -0.4 is 5.32 Å². The Morgan fingerprint density at radius 2 is 2.53 bits per heavy atom. The molecule has 0 aliphatic heterocycles. The summed E-state index contributed by atoms with van der Waals surface area (Å²) in [6.07, 6.45) is 1.45. The molecule has 1 N–H and O–H groups in total. The Morgan fingerprint density at radius 1 is 1.67 bits per heavy atom. The van der Waals surface area contributed by atoms with Crippen LogP contribution in [0, 0.1) is 0 Å². The van der Waals surface area contributed by atoms with Crippen molar-refractivity contribution in [2.45, 2.75) is 5.88 Å². The SMILES string of the molecule is O=C(Nc1nc(CCl)cs1)c1ccco1. The number of halogens is 1. The molecule has 2 rings (SSSR count). The Kier molecular flexibility index (Phi) is 3.03. The maximum atomic E-state index is 11.5. The van der Waals surface area contributed by atoms with Crippen LogP contribution in [0.1, 0.15) is 16.2 Å². The molecule has 2 aromatic rings. The number of nitrogens with one attached hydrogen (secondary N) is 1. The van der Waals surface area contributed by atoms with Crippen molar-refractivity contribution in [1.29, 1.82) is 0 Å². The summed E-state index contributed by atoms with van der Waals surface area (Å²) in [5, 5.41) is 4.93. The number of hydrogen-bond donors (Lipinski definition) is 1. The van der Waals surface area contributed by atoms with Crippen LogP contribution in [0.2, 0.25) is 0 Å². The van der Waals surface area contributed by atoms with Gasteiger partial charge in [-0.2, -0.15) is 0 Å². The average molecular weight is 243 g/mol. The van der Waals surface area contributed by atoms with E-state index in [0.29, 0.717) is 11.0 Å². The summed E-state index contributed by atoms with van der Waals surface area (Å²) < 4.78 is 4.94. The minimum atomic E-state index is -0.310. The van der Waals surface area contributed by atoms with Crippen LogP contribution in [0.4, 0.5) is 5.13 Å². The molecule has 0 atom stereocenters. The third-order valence-corrected chi connectivity index (χ3v) is 2.73. The van der Waals surface area contributed by atoms with E-state index in [9.17, 15) is 4.79 Å². The van der Waals surface area contributed by atoms with E-state index >= 15 is 0 Å². The first-order valence-corrected chi connectivity index (χ1v) is 5.56. The van der Waals surface area contributed by atoms with Crippen LogP contribution in [0.25, 0.3) is 0 Å². The largest absolute Gasteiger partial charge is 0.459 e. The number of nitrogens with zero attached hydrogens (tertiary/aromatic N) is 1. The number of carbonyl (C=O) groups is 1. The molecule has 0 aliphatic rings. The van der Waals surface area contributed by atoms with Crippen molar-refractivity contribution in [3.05, 3.63) is 35.2 Å². The molecule has 0 radical (unpaired) electrons. The summed E-state index contributed by atoms with van der Waals surface area (Å²) in [5.41, 5.74) is 0.747. The van der Waals surface area contributed by atoms with E-state index in [4.69, 9.17) is 16.0 Å². The van der Waals surface area contributed by atoms with Crippen molar-refractivity contribution in [3.8, 4) is 0 Å². The lowest BCUT2D eigenvalue weighted by molar-refractivity contribution is 0.0996. The maximum Gasteiger partial charge on any atom is 0.293 e. The fraction of sp³-hybridized carbons (Fsp3) is 0.111. The number of carbonyl (C=O) groups excluding carboxylic acids is 1. The highest BCUT2D eigenvalue weighted by Gasteiger charge is 2.10. The van der Waals surface area contributed by atoms with Crippen LogP contribution in [0.15, 0.2) is 28.2 Å². The third kappa shape index (κ3) is 2.37. The zero-order valence-corrected chi connectivity index (χ0v) is 9.14. The quantitative estimate of drug-likeness (QED) is 0.842. The summed E-state index contributed by atoms with van der Waals surface area (Å²) >= 11 is 6.92. The second-order valence-electron chi connectivity index (χ2n) is 2.71. The van der Waals surface area contributed by atoms with Crippen molar-refractivity contribution >= 4 is 34.0 Å². The van der Waals surface area contributed by atoms with E-state index in [1.165, 1.54) is 17.6 Å². The first-order chi connectivity index (χ1) is 7.29. The molecule has 0 saturated carbocycles. The number of anilines is 1. The number of alkyl halides is 1. The highest BCUT2D eigenvalue weighted by atomic mass is 35.5. The summed E-state index contributed by atoms with van der Waals surface area (Å²) in [7, 11) is 0. The molecule has 0 unspecified atom stereocenters. The van der Waals surface area contributed by atoms with E-state index in [2.05, 4.69) is 10.3 Å². The van der Waals surface area contributed by atoms with Gasteiger partial charge in [0.15, 0.2) is 10.9 Å². The smallest absolute Gasteiger partial charge is 0.293 e. The topological polar surface area (TPSA) is 55.1 Å². The van der Waals surface area contributed by atoms with E-state index < -0.39 is 0 Å². The van der Waals surface area contributed by atoms with E-state index in [1.807, 2.05) is 0 Å². The van der Waals surface area contributed by atoms with Crippen LogP contribution in [0.3, 0.4) is 0 Å². The third-order valence-electron chi connectivity index (χ3n) is 1.65. The van der Waals surface area contributed by atoms with Crippen molar-refractivity contribution in [3.63, 3.8) is 0 Å². The molecule has 2 aromatic heterocycles. The molecule has 2 heterocycles. The highest BCUT2D eigenvalue weighted by Crippen LogP contribution is 2.17. The molecule has 6 heteroatoms. The summed E-state index contributed by atoms with van der Waals surface area (Å²) in [5.74, 6) is 0.292. The zero-order chi connectivity index (χ0) is 10.7. The van der Waals surface area contributed by atoms with Crippen molar-refractivity contribution in [2.75, 3.05) is 5.32 Å². The first-order valence-electron chi connectivity index (χ1n) is 4.15. The van der Waals surface area contributed by atoms with Crippen LogP contribution in [-0.2, 0) is 5.88 Å². The Balaban J connectivity index is 2.06. The molecule has 1 amide bonds. The predicted octanol–water partition coefficient (Wildman–Crippen LogP) is 2.73. The van der Waals surface area contributed by atoms with Crippen LogP contribution in [0.5, 0.6) is 0 Å². The number of aromatic nitrogens is 1. The standard InChI is InChI=1S/C9H7ClN2O2S/c10-4-6-5-15-9(11-6)12-8(13)7-2-1-3-14-7/h1-3,5H,4H2,(H,11,12,13). The Labute approximate surface area is 94.9 Å². The average Bonchev–Trinajstić information content (AvgIpc) is 2.87. The van der Waals surface area contributed by atoms with Gasteiger partial charge in [0, 0.05) is 5.38 Å². The number of thiazole rings is 1. The molecule has 78 valence electrons. The first kappa shape index (κ1) is 10.2. The van der Waals surface area contributed by atoms with Gasteiger partial charge in [0.2, 0.25) is 0 Å². The minimum Gasteiger partial charge on any atom is -0.459 e. The maximum absolute atomic E-state index is 11.5. The van der Waals surface area contributed by atoms with Gasteiger partial charge in [-0.1, -0.05) is 0 Å². The summed E-state index contributed by atoms with van der Waals surface area (Å²) in [4.78, 5) is 15.6. The molecule has 0 aromatic carbocycles. The van der Waals surface area contributed by atoms with Gasteiger partial charge in [-0.15, -0.1) is 22.9 Å². The number of furan rings is 1. The second kappa shape index (κ2) is 4.46. The van der Waals surface area contributed by atoms with Crippen LogP contribution in [-0.4, -0.2) is 10.9 Å². The molecule has 0 fully saturated rings. The molecule has 0 spiro atoms. The molecule has 15 heavy (non-hydrogen) atoms. The summed E-state index contributed by atoms with van der Waals surface area (Å²) in [6, 6.07) is 3.24. The zero-order valence-electron chi connectivity index (χ0n) is 7.57. The van der Waals surface area contributed by atoms with Gasteiger partial charge in [0.05, 0.1) is 17.8 Å². The van der Waals surface area contributed by atoms with Crippen molar-refractivity contribution < 1.29 is 9.21 Å². The minimum absolute atomic E-state index is 0.262. The predicted molar refractivity (Wildman–Crippen MR) is 58.3 cm³/mol. The summed E-state index contributed by atoms with van der Waals surface area (Å²) in [6.45, 7) is 0. The van der Waals surface area contributed by atoms with Crippen molar-refractivity contribution in [2.24, 2.45) is 0 Å².